The van der Waals surface area contributed by atoms with E-state index in [9.17, 15) is 0 Å². The van der Waals surface area contributed by atoms with Gasteiger partial charge in [-0.2, -0.15) is 5.10 Å². The van der Waals surface area contributed by atoms with Crippen LogP contribution in [0, 0.1) is 6.92 Å². The molecule has 1 aromatic heterocycles. The molecule has 0 aliphatic carbocycles. The Kier molecular flexibility index (Phi) is 5.62. The van der Waals surface area contributed by atoms with Crippen LogP contribution in [0.4, 0.5) is 0 Å². The van der Waals surface area contributed by atoms with Gasteiger partial charge in [-0.25, -0.2) is 0 Å². The SMILES string of the molecule is CCCNCc1ccc(OCCn2ccc(C)n2)cc1. The van der Waals surface area contributed by atoms with Gasteiger partial charge in [0.1, 0.15) is 12.4 Å². The first-order valence-corrected chi connectivity index (χ1v) is 7.20. The Bertz CT molecular complexity index is 505. The molecular weight excluding hydrogens is 250 g/mol. The molecule has 0 radical (unpaired) electrons. The second-order valence-corrected chi connectivity index (χ2v) is 4.89. The quantitative estimate of drug-likeness (QED) is 0.752. The summed E-state index contributed by atoms with van der Waals surface area (Å²) in [7, 11) is 0. The zero-order chi connectivity index (χ0) is 14.2. The molecule has 0 unspecified atom stereocenters. The summed E-state index contributed by atoms with van der Waals surface area (Å²) in [6.45, 7) is 7.54. The van der Waals surface area contributed by atoms with Gasteiger partial charge >= 0.3 is 0 Å². The van der Waals surface area contributed by atoms with E-state index in [2.05, 4.69) is 29.5 Å². The van der Waals surface area contributed by atoms with Crippen molar-refractivity contribution in [1.29, 1.82) is 0 Å². The van der Waals surface area contributed by atoms with Gasteiger partial charge in [-0.05, 0) is 43.7 Å². The van der Waals surface area contributed by atoms with Crippen molar-refractivity contribution in [1.82, 2.24) is 15.1 Å². The van der Waals surface area contributed by atoms with Gasteiger partial charge in [0.05, 0.1) is 12.2 Å². The lowest BCUT2D eigenvalue weighted by molar-refractivity contribution is 0.291. The van der Waals surface area contributed by atoms with E-state index in [4.69, 9.17) is 4.74 Å². The molecule has 4 nitrogen and oxygen atoms in total. The van der Waals surface area contributed by atoms with Crippen molar-refractivity contribution >= 4 is 0 Å². The predicted molar refractivity (Wildman–Crippen MR) is 80.9 cm³/mol. The van der Waals surface area contributed by atoms with Crippen LogP contribution >= 0.6 is 0 Å². The monoisotopic (exact) mass is 273 g/mol. The minimum atomic E-state index is 0.633. The molecule has 1 N–H and O–H groups in total. The van der Waals surface area contributed by atoms with E-state index < -0.39 is 0 Å². The fourth-order valence-electron chi connectivity index (χ4n) is 1.96. The largest absolute Gasteiger partial charge is 0.492 e. The van der Waals surface area contributed by atoms with E-state index in [1.807, 2.05) is 36.0 Å². The van der Waals surface area contributed by atoms with Gasteiger partial charge in [-0.1, -0.05) is 19.1 Å². The van der Waals surface area contributed by atoms with Crippen molar-refractivity contribution in [3.05, 3.63) is 47.8 Å². The minimum absolute atomic E-state index is 0.633. The Morgan fingerprint density at radius 3 is 2.65 bits per heavy atom. The first-order chi connectivity index (χ1) is 9.78. The smallest absolute Gasteiger partial charge is 0.119 e. The number of aryl methyl sites for hydroxylation is 1. The number of nitrogens with one attached hydrogen (secondary N) is 1. The lowest BCUT2D eigenvalue weighted by Crippen LogP contribution is -2.13. The molecule has 0 saturated heterocycles. The fraction of sp³-hybridized carbons (Fsp3) is 0.438. The molecule has 0 fully saturated rings. The number of aromatic nitrogens is 2. The van der Waals surface area contributed by atoms with Crippen LogP contribution in [0.5, 0.6) is 5.75 Å². The van der Waals surface area contributed by atoms with E-state index in [0.29, 0.717) is 6.61 Å². The first-order valence-electron chi connectivity index (χ1n) is 7.20. The average Bonchev–Trinajstić information content (AvgIpc) is 2.87. The molecule has 0 bridgehead atoms. The molecule has 2 aromatic rings. The van der Waals surface area contributed by atoms with Crippen LogP contribution < -0.4 is 10.1 Å². The Hall–Kier alpha value is -1.81. The van der Waals surface area contributed by atoms with Crippen molar-refractivity contribution < 1.29 is 4.74 Å². The van der Waals surface area contributed by atoms with E-state index in [1.54, 1.807) is 0 Å². The summed E-state index contributed by atoms with van der Waals surface area (Å²) in [5.74, 6) is 0.910. The Labute approximate surface area is 120 Å². The lowest BCUT2D eigenvalue weighted by atomic mass is 10.2. The topological polar surface area (TPSA) is 39.1 Å². The number of rotatable bonds is 8. The molecule has 0 aliphatic heterocycles. The van der Waals surface area contributed by atoms with Crippen LogP contribution in [-0.4, -0.2) is 22.9 Å². The summed E-state index contributed by atoms with van der Waals surface area (Å²) < 4.78 is 7.62. The second kappa shape index (κ2) is 7.70. The molecule has 0 atom stereocenters. The standard InChI is InChI=1S/C16H23N3O/c1-3-9-17-13-15-4-6-16(7-5-15)20-12-11-19-10-8-14(2)18-19/h4-8,10,17H,3,9,11-13H2,1-2H3. The molecule has 0 saturated carbocycles. The molecule has 2 rings (SSSR count). The van der Waals surface area contributed by atoms with Crippen molar-refractivity contribution in [2.75, 3.05) is 13.2 Å². The van der Waals surface area contributed by atoms with Crippen molar-refractivity contribution in [2.45, 2.75) is 33.4 Å². The summed E-state index contributed by atoms with van der Waals surface area (Å²) >= 11 is 0. The number of hydrogen-bond donors (Lipinski definition) is 1. The zero-order valence-corrected chi connectivity index (χ0v) is 12.3. The molecule has 1 heterocycles. The van der Waals surface area contributed by atoms with Crippen LogP contribution in [0.15, 0.2) is 36.5 Å². The number of ether oxygens (including phenoxy) is 1. The van der Waals surface area contributed by atoms with Crippen molar-refractivity contribution in [3.8, 4) is 5.75 Å². The number of benzene rings is 1. The zero-order valence-electron chi connectivity index (χ0n) is 12.3. The maximum absolute atomic E-state index is 5.72. The summed E-state index contributed by atoms with van der Waals surface area (Å²) in [6.07, 6.45) is 3.13. The van der Waals surface area contributed by atoms with Gasteiger partial charge < -0.3 is 10.1 Å². The highest BCUT2D eigenvalue weighted by Gasteiger charge is 1.97. The first kappa shape index (κ1) is 14.6. The average molecular weight is 273 g/mol. The highest BCUT2D eigenvalue weighted by Crippen LogP contribution is 2.12. The van der Waals surface area contributed by atoms with Gasteiger partial charge in [0.25, 0.3) is 0 Å². The molecule has 0 spiro atoms. The van der Waals surface area contributed by atoms with Gasteiger partial charge in [0.2, 0.25) is 0 Å². The number of nitrogens with zero attached hydrogens (tertiary/aromatic N) is 2. The maximum atomic E-state index is 5.72. The van der Waals surface area contributed by atoms with E-state index >= 15 is 0 Å². The fourth-order valence-corrected chi connectivity index (χ4v) is 1.96. The molecule has 108 valence electrons. The Balaban J connectivity index is 1.73. The van der Waals surface area contributed by atoms with E-state index in [0.717, 1.165) is 37.5 Å². The molecule has 0 amide bonds. The van der Waals surface area contributed by atoms with Crippen molar-refractivity contribution in [2.24, 2.45) is 0 Å². The summed E-state index contributed by atoms with van der Waals surface area (Å²) in [5.41, 5.74) is 2.32. The highest BCUT2D eigenvalue weighted by molar-refractivity contribution is 5.27. The van der Waals surface area contributed by atoms with Crippen molar-refractivity contribution in [3.63, 3.8) is 0 Å². The van der Waals surface area contributed by atoms with Crippen LogP contribution in [0.1, 0.15) is 24.6 Å². The predicted octanol–water partition coefficient (Wildman–Crippen LogP) is 2.77. The third kappa shape index (κ3) is 4.70. The molecule has 0 aliphatic rings. The van der Waals surface area contributed by atoms with Crippen LogP contribution in [0.2, 0.25) is 0 Å². The molecule has 20 heavy (non-hydrogen) atoms. The lowest BCUT2D eigenvalue weighted by Gasteiger charge is -2.08. The molecule has 1 aromatic carbocycles. The van der Waals surface area contributed by atoms with Crippen LogP contribution in [0.25, 0.3) is 0 Å². The third-order valence-corrected chi connectivity index (χ3v) is 3.04. The van der Waals surface area contributed by atoms with Crippen LogP contribution in [-0.2, 0) is 13.1 Å². The third-order valence-electron chi connectivity index (χ3n) is 3.04. The summed E-state index contributed by atoms with van der Waals surface area (Å²) in [5, 5.41) is 7.71. The molecule has 4 heteroatoms. The summed E-state index contributed by atoms with van der Waals surface area (Å²) in [6, 6.07) is 10.3. The summed E-state index contributed by atoms with van der Waals surface area (Å²) in [4.78, 5) is 0. The van der Waals surface area contributed by atoms with E-state index in [1.165, 1.54) is 5.56 Å². The van der Waals surface area contributed by atoms with Gasteiger partial charge in [-0.3, -0.25) is 4.68 Å². The van der Waals surface area contributed by atoms with E-state index in [-0.39, 0.29) is 0 Å². The second-order valence-electron chi connectivity index (χ2n) is 4.89. The number of hydrogen-bond acceptors (Lipinski definition) is 3. The minimum Gasteiger partial charge on any atom is -0.492 e. The maximum Gasteiger partial charge on any atom is 0.119 e. The van der Waals surface area contributed by atoms with Gasteiger partial charge in [0.15, 0.2) is 0 Å². The molecular formula is C16H23N3O. The van der Waals surface area contributed by atoms with Gasteiger partial charge in [-0.15, -0.1) is 0 Å². The van der Waals surface area contributed by atoms with Crippen LogP contribution in [0.3, 0.4) is 0 Å². The Morgan fingerprint density at radius 2 is 2.00 bits per heavy atom. The normalized spacial score (nSPS) is 10.7. The Morgan fingerprint density at radius 1 is 1.20 bits per heavy atom. The van der Waals surface area contributed by atoms with Gasteiger partial charge in [0, 0.05) is 12.7 Å². The highest BCUT2D eigenvalue weighted by atomic mass is 16.5.